The average molecular weight is 431 g/mol. The summed E-state index contributed by atoms with van der Waals surface area (Å²) < 4.78 is 32.4. The lowest BCUT2D eigenvalue weighted by atomic mass is 10.1. The molecule has 2 aromatic rings. The summed E-state index contributed by atoms with van der Waals surface area (Å²) >= 11 is 0. The number of hydrogen-bond acceptors (Lipinski definition) is 3. The van der Waals surface area contributed by atoms with Crippen molar-refractivity contribution >= 4 is 17.7 Å². The van der Waals surface area contributed by atoms with Crippen molar-refractivity contribution in [2.75, 3.05) is 32.1 Å². The zero-order valence-corrected chi connectivity index (χ0v) is 18.6. The second-order valence-corrected chi connectivity index (χ2v) is 7.46. The van der Waals surface area contributed by atoms with Crippen molar-refractivity contribution < 1.29 is 18.3 Å². The van der Waals surface area contributed by atoms with Crippen molar-refractivity contribution in [2.24, 2.45) is 0 Å². The normalized spacial score (nSPS) is 11.3. The van der Waals surface area contributed by atoms with E-state index in [4.69, 9.17) is 4.74 Å². The highest BCUT2D eigenvalue weighted by atomic mass is 19.1. The first-order chi connectivity index (χ1) is 15.0. The smallest absolute Gasteiger partial charge is 0.248 e. The molecule has 0 radical (unpaired) electrons. The second-order valence-electron chi connectivity index (χ2n) is 7.46. The SMILES string of the molecule is CCCN(CCC)CCCc1cc(NC(=O)C=Cc2cc(F)ccc2F)ccc1OC. The number of carbonyl (C=O) groups excluding carboxylic acids is 1. The number of nitrogens with zero attached hydrogens (tertiary/aromatic N) is 1. The fourth-order valence-corrected chi connectivity index (χ4v) is 3.50. The van der Waals surface area contributed by atoms with Gasteiger partial charge in [0.1, 0.15) is 17.4 Å². The van der Waals surface area contributed by atoms with E-state index in [2.05, 4.69) is 24.1 Å². The van der Waals surface area contributed by atoms with Gasteiger partial charge in [-0.3, -0.25) is 4.79 Å². The zero-order chi connectivity index (χ0) is 22.6. The number of hydrogen-bond donors (Lipinski definition) is 1. The van der Waals surface area contributed by atoms with Crippen LogP contribution in [-0.4, -0.2) is 37.6 Å². The van der Waals surface area contributed by atoms with Crippen LogP contribution in [0.25, 0.3) is 6.08 Å². The summed E-state index contributed by atoms with van der Waals surface area (Å²) in [6, 6.07) is 8.61. The maximum Gasteiger partial charge on any atom is 0.248 e. The molecule has 0 saturated heterocycles. The lowest BCUT2D eigenvalue weighted by molar-refractivity contribution is -0.111. The quantitative estimate of drug-likeness (QED) is 0.441. The monoisotopic (exact) mass is 430 g/mol. The lowest BCUT2D eigenvalue weighted by Gasteiger charge is -2.21. The average Bonchev–Trinajstić information content (AvgIpc) is 2.75. The number of ether oxygens (including phenoxy) is 1. The Morgan fingerprint density at radius 3 is 2.48 bits per heavy atom. The van der Waals surface area contributed by atoms with E-state index in [0.717, 1.165) is 74.8 Å². The molecular formula is C25H32F2N2O2. The number of methoxy groups -OCH3 is 1. The predicted octanol–water partition coefficient (Wildman–Crippen LogP) is 5.68. The number of anilines is 1. The van der Waals surface area contributed by atoms with E-state index in [1.807, 2.05) is 12.1 Å². The van der Waals surface area contributed by atoms with E-state index < -0.39 is 17.5 Å². The molecule has 6 heteroatoms. The Balaban J connectivity index is 2.01. The molecule has 4 nitrogen and oxygen atoms in total. The number of aryl methyl sites for hydroxylation is 1. The van der Waals surface area contributed by atoms with Gasteiger partial charge in [0.25, 0.3) is 0 Å². The second kappa shape index (κ2) is 12.8. The third kappa shape index (κ3) is 8.13. The summed E-state index contributed by atoms with van der Waals surface area (Å²) in [6.07, 6.45) is 6.55. The maximum absolute atomic E-state index is 13.7. The summed E-state index contributed by atoms with van der Waals surface area (Å²) in [7, 11) is 1.63. The highest BCUT2D eigenvalue weighted by molar-refractivity contribution is 6.02. The molecule has 168 valence electrons. The lowest BCUT2D eigenvalue weighted by Crippen LogP contribution is -2.26. The number of rotatable bonds is 12. The molecule has 0 spiro atoms. The van der Waals surface area contributed by atoms with Crippen molar-refractivity contribution in [1.82, 2.24) is 4.90 Å². The molecule has 2 aromatic carbocycles. The molecule has 0 bridgehead atoms. The Morgan fingerprint density at radius 1 is 1.06 bits per heavy atom. The topological polar surface area (TPSA) is 41.6 Å². The van der Waals surface area contributed by atoms with E-state index >= 15 is 0 Å². The third-order valence-corrected chi connectivity index (χ3v) is 4.92. The molecule has 0 aliphatic heterocycles. The van der Waals surface area contributed by atoms with E-state index in [1.54, 1.807) is 13.2 Å². The molecule has 0 saturated carbocycles. The van der Waals surface area contributed by atoms with Crippen LogP contribution < -0.4 is 10.1 Å². The van der Waals surface area contributed by atoms with Gasteiger partial charge >= 0.3 is 0 Å². The molecule has 2 rings (SSSR count). The fraction of sp³-hybridized carbons (Fsp3) is 0.400. The van der Waals surface area contributed by atoms with E-state index in [9.17, 15) is 13.6 Å². The molecule has 0 atom stereocenters. The van der Waals surface area contributed by atoms with Crippen LogP contribution in [0.2, 0.25) is 0 Å². The molecule has 1 amide bonds. The van der Waals surface area contributed by atoms with Gasteiger partial charge in [0.05, 0.1) is 7.11 Å². The third-order valence-electron chi connectivity index (χ3n) is 4.92. The Hall–Kier alpha value is -2.73. The zero-order valence-electron chi connectivity index (χ0n) is 18.6. The first-order valence-electron chi connectivity index (χ1n) is 10.8. The first kappa shape index (κ1) is 24.5. The molecule has 31 heavy (non-hydrogen) atoms. The van der Waals surface area contributed by atoms with Gasteiger partial charge in [-0.25, -0.2) is 8.78 Å². The minimum absolute atomic E-state index is 0.0225. The predicted molar refractivity (Wildman–Crippen MR) is 122 cm³/mol. The van der Waals surface area contributed by atoms with Gasteiger partial charge in [0, 0.05) is 17.3 Å². The van der Waals surface area contributed by atoms with Crippen LogP contribution in [0, 0.1) is 11.6 Å². The fourth-order valence-electron chi connectivity index (χ4n) is 3.50. The molecule has 0 aliphatic carbocycles. The standard InChI is InChI=1S/C25H32F2N2O2/c1-4-14-29(15-5-2)16-6-7-20-18-22(10-12-24(20)31-3)28-25(30)13-8-19-17-21(26)9-11-23(19)27/h8-13,17-18H,4-7,14-16H2,1-3H3,(H,28,30). The van der Waals surface area contributed by atoms with Crippen LogP contribution in [0.3, 0.4) is 0 Å². The Kier molecular flexibility index (Phi) is 10.2. The highest BCUT2D eigenvalue weighted by Gasteiger charge is 2.09. The number of nitrogens with one attached hydrogen (secondary N) is 1. The van der Waals surface area contributed by atoms with Gasteiger partial charge < -0.3 is 15.0 Å². The van der Waals surface area contributed by atoms with Gasteiger partial charge in [-0.15, -0.1) is 0 Å². The van der Waals surface area contributed by atoms with Crippen LogP contribution in [-0.2, 0) is 11.2 Å². The molecule has 0 aromatic heterocycles. The summed E-state index contributed by atoms with van der Waals surface area (Å²) in [6.45, 7) is 7.59. The Morgan fingerprint density at radius 2 is 1.81 bits per heavy atom. The van der Waals surface area contributed by atoms with Crippen molar-refractivity contribution in [2.45, 2.75) is 39.5 Å². The van der Waals surface area contributed by atoms with Crippen LogP contribution in [0.1, 0.15) is 44.2 Å². The Bertz CT molecular complexity index is 878. The molecule has 0 unspecified atom stereocenters. The van der Waals surface area contributed by atoms with Gasteiger partial charge in [-0.1, -0.05) is 13.8 Å². The van der Waals surface area contributed by atoms with Crippen molar-refractivity contribution in [3.05, 3.63) is 65.2 Å². The van der Waals surface area contributed by atoms with Crippen molar-refractivity contribution in [3.8, 4) is 5.75 Å². The van der Waals surface area contributed by atoms with Crippen LogP contribution >= 0.6 is 0 Å². The summed E-state index contributed by atoms with van der Waals surface area (Å²) in [5, 5.41) is 2.77. The largest absolute Gasteiger partial charge is 0.496 e. The van der Waals surface area contributed by atoms with Gasteiger partial charge in [-0.2, -0.15) is 0 Å². The van der Waals surface area contributed by atoms with E-state index in [-0.39, 0.29) is 5.56 Å². The summed E-state index contributed by atoms with van der Waals surface area (Å²) in [4.78, 5) is 14.7. The van der Waals surface area contributed by atoms with Crippen molar-refractivity contribution in [3.63, 3.8) is 0 Å². The minimum Gasteiger partial charge on any atom is -0.496 e. The maximum atomic E-state index is 13.7. The minimum atomic E-state index is -0.586. The summed E-state index contributed by atoms with van der Waals surface area (Å²) in [5.41, 5.74) is 1.67. The highest BCUT2D eigenvalue weighted by Crippen LogP contribution is 2.24. The van der Waals surface area contributed by atoms with Crippen molar-refractivity contribution in [1.29, 1.82) is 0 Å². The number of amides is 1. The van der Waals surface area contributed by atoms with Gasteiger partial charge in [0.2, 0.25) is 5.91 Å². The first-order valence-corrected chi connectivity index (χ1v) is 10.8. The van der Waals surface area contributed by atoms with Crippen LogP contribution in [0.5, 0.6) is 5.75 Å². The van der Waals surface area contributed by atoms with Gasteiger partial charge in [-0.05, 0) is 93.4 Å². The molecule has 0 fully saturated rings. The molecular weight excluding hydrogens is 398 g/mol. The van der Waals surface area contributed by atoms with E-state index in [1.165, 1.54) is 12.2 Å². The van der Waals surface area contributed by atoms with Crippen LogP contribution in [0.4, 0.5) is 14.5 Å². The Labute approximate surface area is 183 Å². The van der Waals surface area contributed by atoms with Crippen LogP contribution in [0.15, 0.2) is 42.5 Å². The van der Waals surface area contributed by atoms with Gasteiger partial charge in [0.15, 0.2) is 0 Å². The number of carbonyl (C=O) groups is 1. The van der Waals surface area contributed by atoms with E-state index in [0.29, 0.717) is 5.69 Å². The molecule has 1 N–H and O–H groups in total. The molecule has 0 aliphatic rings. The molecule has 0 heterocycles. The number of halogens is 2. The number of benzene rings is 2. The summed E-state index contributed by atoms with van der Waals surface area (Å²) in [5.74, 6) is -0.778.